The van der Waals surface area contributed by atoms with Gasteiger partial charge >= 0.3 is 5.69 Å². The van der Waals surface area contributed by atoms with Crippen LogP contribution in [0.1, 0.15) is 26.7 Å². The maximum absolute atomic E-state index is 13.0. The fourth-order valence-electron chi connectivity index (χ4n) is 2.59. The van der Waals surface area contributed by atoms with Crippen LogP contribution in [0.25, 0.3) is 0 Å². The van der Waals surface area contributed by atoms with Crippen molar-refractivity contribution in [1.82, 2.24) is 9.55 Å². The van der Waals surface area contributed by atoms with Crippen LogP contribution in [0.3, 0.4) is 0 Å². The summed E-state index contributed by atoms with van der Waals surface area (Å²) in [5.41, 5.74) is 4.51. The van der Waals surface area contributed by atoms with Crippen molar-refractivity contribution in [3.05, 3.63) is 50.9 Å². The van der Waals surface area contributed by atoms with Crippen LogP contribution in [-0.2, 0) is 11.3 Å². The number of nitrogens with one attached hydrogen (secondary N) is 1. The van der Waals surface area contributed by atoms with Crippen molar-refractivity contribution >= 4 is 17.4 Å². The normalized spacial score (nSPS) is 11.9. The lowest BCUT2D eigenvalue weighted by molar-refractivity contribution is -0.124. The monoisotopic (exact) mass is 378 g/mol. The SMILES string of the molecule is CCCCn1c(N)c(N(C)C(=O)[C@H](C)Oc2ccc(F)cc2)c(=O)[nH]c1=O. The molecule has 0 unspecified atom stereocenters. The third kappa shape index (κ3) is 4.55. The minimum atomic E-state index is -0.963. The van der Waals surface area contributed by atoms with Crippen LogP contribution in [0.5, 0.6) is 5.75 Å². The molecule has 27 heavy (non-hydrogen) atoms. The predicted octanol–water partition coefficient (Wildman–Crippen LogP) is 1.49. The predicted molar refractivity (Wildman–Crippen MR) is 101 cm³/mol. The molecule has 2 rings (SSSR count). The molecule has 1 aromatic heterocycles. The summed E-state index contributed by atoms with van der Waals surface area (Å²) in [6.45, 7) is 3.78. The number of likely N-dealkylation sites (N-methyl/N-ethyl adjacent to an activating group) is 1. The number of carbonyl (C=O) groups excluding carboxylic acids is 1. The number of carbonyl (C=O) groups is 1. The van der Waals surface area contributed by atoms with Crippen LogP contribution in [-0.4, -0.2) is 28.6 Å². The standard InChI is InChI=1S/C18H23FN4O4/c1-4-5-10-23-15(20)14(16(24)21-18(23)26)22(3)17(25)11(2)27-13-8-6-12(19)7-9-13/h6-9,11H,4-5,10,20H2,1-3H3,(H,21,24,26)/t11-/m0/s1. The van der Waals surface area contributed by atoms with E-state index in [-0.39, 0.29) is 11.5 Å². The molecule has 0 spiro atoms. The van der Waals surface area contributed by atoms with Gasteiger partial charge in [0.25, 0.3) is 11.5 Å². The number of nitrogen functional groups attached to an aromatic ring is 1. The maximum Gasteiger partial charge on any atom is 0.330 e. The summed E-state index contributed by atoms with van der Waals surface area (Å²) >= 11 is 0. The van der Waals surface area contributed by atoms with Crippen LogP contribution in [0, 0.1) is 5.82 Å². The first kappa shape index (κ1) is 20.2. The average Bonchev–Trinajstić information content (AvgIpc) is 2.62. The molecule has 1 atom stereocenters. The highest BCUT2D eigenvalue weighted by Crippen LogP contribution is 2.19. The van der Waals surface area contributed by atoms with Gasteiger partial charge in [-0.2, -0.15) is 0 Å². The zero-order valence-electron chi connectivity index (χ0n) is 15.5. The number of aromatic amines is 1. The number of hydrogen-bond donors (Lipinski definition) is 2. The van der Waals surface area contributed by atoms with E-state index in [9.17, 15) is 18.8 Å². The third-order valence-electron chi connectivity index (χ3n) is 4.09. The summed E-state index contributed by atoms with van der Waals surface area (Å²) in [4.78, 5) is 40.1. The molecule has 0 saturated heterocycles. The van der Waals surface area contributed by atoms with Crippen LogP contribution in [0.4, 0.5) is 15.9 Å². The van der Waals surface area contributed by atoms with E-state index in [1.807, 2.05) is 6.92 Å². The van der Waals surface area contributed by atoms with Gasteiger partial charge in [0.15, 0.2) is 11.8 Å². The minimum Gasteiger partial charge on any atom is -0.481 e. The van der Waals surface area contributed by atoms with E-state index in [4.69, 9.17) is 10.5 Å². The molecule has 146 valence electrons. The Morgan fingerprint density at radius 1 is 1.33 bits per heavy atom. The number of unbranched alkanes of at least 4 members (excludes halogenated alkanes) is 1. The Bertz CT molecular complexity index is 920. The molecule has 0 aliphatic heterocycles. The molecule has 8 nitrogen and oxygen atoms in total. The van der Waals surface area contributed by atoms with Gasteiger partial charge in [-0.1, -0.05) is 13.3 Å². The van der Waals surface area contributed by atoms with E-state index in [0.717, 1.165) is 11.3 Å². The molecular weight excluding hydrogens is 355 g/mol. The van der Waals surface area contributed by atoms with Gasteiger partial charge in [0.05, 0.1) is 0 Å². The topological polar surface area (TPSA) is 110 Å². The second-order valence-electron chi connectivity index (χ2n) is 6.11. The molecule has 1 heterocycles. The van der Waals surface area contributed by atoms with Gasteiger partial charge in [0.1, 0.15) is 17.4 Å². The van der Waals surface area contributed by atoms with Crippen molar-refractivity contribution in [2.75, 3.05) is 17.7 Å². The lowest BCUT2D eigenvalue weighted by Gasteiger charge is -2.23. The summed E-state index contributed by atoms with van der Waals surface area (Å²) in [5.74, 6) is -0.744. The number of anilines is 2. The highest BCUT2D eigenvalue weighted by Gasteiger charge is 2.25. The number of hydrogen-bond acceptors (Lipinski definition) is 5. The minimum absolute atomic E-state index is 0.0815. The van der Waals surface area contributed by atoms with Crippen molar-refractivity contribution in [1.29, 1.82) is 0 Å². The number of ether oxygens (including phenoxy) is 1. The fourth-order valence-corrected chi connectivity index (χ4v) is 2.59. The smallest absolute Gasteiger partial charge is 0.330 e. The van der Waals surface area contributed by atoms with Gasteiger partial charge in [0, 0.05) is 13.6 Å². The van der Waals surface area contributed by atoms with Crippen molar-refractivity contribution in [2.24, 2.45) is 0 Å². The van der Waals surface area contributed by atoms with E-state index in [2.05, 4.69) is 4.98 Å². The Kier molecular flexibility index (Phi) is 6.38. The van der Waals surface area contributed by atoms with Crippen LogP contribution < -0.4 is 26.6 Å². The average molecular weight is 378 g/mol. The first-order valence-electron chi connectivity index (χ1n) is 8.58. The van der Waals surface area contributed by atoms with Crippen molar-refractivity contribution in [2.45, 2.75) is 39.3 Å². The Balaban J connectivity index is 2.28. The van der Waals surface area contributed by atoms with E-state index in [1.165, 1.54) is 42.8 Å². The maximum atomic E-state index is 13.0. The van der Waals surface area contributed by atoms with E-state index in [0.29, 0.717) is 18.7 Å². The zero-order valence-corrected chi connectivity index (χ0v) is 15.5. The number of aromatic nitrogens is 2. The second kappa shape index (κ2) is 8.52. The molecule has 0 bridgehead atoms. The van der Waals surface area contributed by atoms with E-state index >= 15 is 0 Å². The Morgan fingerprint density at radius 3 is 2.56 bits per heavy atom. The molecule has 0 aliphatic rings. The number of amides is 1. The summed E-state index contributed by atoms with van der Waals surface area (Å²) in [7, 11) is 1.38. The molecule has 0 aliphatic carbocycles. The number of halogens is 1. The molecule has 9 heteroatoms. The fraction of sp³-hybridized carbons (Fsp3) is 0.389. The molecular formula is C18H23FN4O4. The largest absolute Gasteiger partial charge is 0.481 e. The van der Waals surface area contributed by atoms with Crippen molar-refractivity contribution in [3.63, 3.8) is 0 Å². The van der Waals surface area contributed by atoms with Gasteiger partial charge in [-0.05, 0) is 37.6 Å². The van der Waals surface area contributed by atoms with E-state index < -0.39 is 29.1 Å². The Hall–Kier alpha value is -3.10. The van der Waals surface area contributed by atoms with Gasteiger partial charge in [-0.15, -0.1) is 0 Å². The first-order valence-corrected chi connectivity index (χ1v) is 8.58. The first-order chi connectivity index (χ1) is 12.8. The number of nitrogens with two attached hydrogens (primary N) is 1. The molecule has 2 aromatic rings. The zero-order chi connectivity index (χ0) is 20.1. The summed E-state index contributed by atoms with van der Waals surface area (Å²) < 4.78 is 19.7. The highest BCUT2D eigenvalue weighted by atomic mass is 19.1. The van der Waals surface area contributed by atoms with Gasteiger partial charge in [-0.3, -0.25) is 19.1 Å². The summed E-state index contributed by atoms with van der Waals surface area (Å²) in [6, 6.07) is 5.21. The summed E-state index contributed by atoms with van der Waals surface area (Å²) in [5, 5.41) is 0. The van der Waals surface area contributed by atoms with Gasteiger partial charge in [0.2, 0.25) is 0 Å². The number of H-pyrrole nitrogens is 1. The van der Waals surface area contributed by atoms with Crippen LogP contribution >= 0.6 is 0 Å². The van der Waals surface area contributed by atoms with Crippen molar-refractivity contribution in [3.8, 4) is 5.75 Å². The summed E-state index contributed by atoms with van der Waals surface area (Å²) in [6.07, 6.45) is 0.560. The molecule has 0 saturated carbocycles. The quantitative estimate of drug-likeness (QED) is 0.758. The van der Waals surface area contributed by atoms with Gasteiger partial charge < -0.3 is 15.4 Å². The third-order valence-corrected chi connectivity index (χ3v) is 4.09. The number of benzene rings is 1. The lowest BCUT2D eigenvalue weighted by Crippen LogP contribution is -2.43. The molecule has 1 amide bonds. The number of rotatable bonds is 7. The van der Waals surface area contributed by atoms with Gasteiger partial charge in [-0.25, -0.2) is 9.18 Å². The highest BCUT2D eigenvalue weighted by molar-refractivity contribution is 5.97. The molecule has 1 aromatic carbocycles. The van der Waals surface area contributed by atoms with E-state index in [1.54, 1.807) is 0 Å². The molecule has 0 fully saturated rings. The lowest BCUT2D eigenvalue weighted by atomic mass is 10.3. The Morgan fingerprint density at radius 2 is 1.96 bits per heavy atom. The molecule has 3 N–H and O–H groups in total. The van der Waals surface area contributed by atoms with Crippen LogP contribution in [0.15, 0.2) is 33.9 Å². The second-order valence-corrected chi connectivity index (χ2v) is 6.11. The molecule has 0 radical (unpaired) electrons. The Labute approximate surface area is 155 Å². The number of nitrogens with zero attached hydrogens (tertiary/aromatic N) is 2. The van der Waals surface area contributed by atoms with Crippen LogP contribution in [0.2, 0.25) is 0 Å². The van der Waals surface area contributed by atoms with Crippen molar-refractivity contribution < 1.29 is 13.9 Å².